The Labute approximate surface area is 192 Å². The van der Waals surface area contributed by atoms with E-state index < -0.39 is 11.7 Å². The molecule has 0 radical (unpaired) electrons. The fraction of sp³-hybridized carbons (Fsp3) is 0.346. The second kappa shape index (κ2) is 10.1. The monoisotopic (exact) mass is 451 g/mol. The van der Waals surface area contributed by atoms with Gasteiger partial charge in [-0.05, 0) is 61.1 Å². The molecule has 172 valence electrons. The van der Waals surface area contributed by atoms with Gasteiger partial charge < -0.3 is 10.5 Å². The lowest BCUT2D eigenvalue weighted by Gasteiger charge is -2.31. The minimum Gasteiger partial charge on any atom is -0.498 e. The second-order valence-electron chi connectivity index (χ2n) is 8.43. The van der Waals surface area contributed by atoms with E-state index in [0.717, 1.165) is 35.3 Å². The molecule has 1 aromatic heterocycles. The van der Waals surface area contributed by atoms with Gasteiger partial charge in [-0.3, -0.25) is 14.8 Å². The van der Waals surface area contributed by atoms with Crippen molar-refractivity contribution in [3.05, 3.63) is 88.5 Å². The number of carbonyl (C=O) groups excluding carboxylic acids is 1. The molecule has 0 bridgehead atoms. The lowest BCUT2D eigenvalue weighted by molar-refractivity contribution is -0.118. The van der Waals surface area contributed by atoms with Gasteiger partial charge in [0.1, 0.15) is 11.8 Å². The normalized spacial score (nSPS) is 22.5. The lowest BCUT2D eigenvalue weighted by Crippen LogP contribution is -2.26. The Bertz CT molecular complexity index is 1110. The van der Waals surface area contributed by atoms with Crippen LogP contribution in [-0.4, -0.2) is 29.8 Å². The fourth-order valence-electron chi connectivity index (χ4n) is 4.48. The largest absolute Gasteiger partial charge is 0.498 e. The molecule has 0 spiro atoms. The molecule has 2 atom stereocenters. The molecule has 1 aliphatic heterocycles. The van der Waals surface area contributed by atoms with E-state index in [1.54, 1.807) is 19.5 Å². The highest BCUT2D eigenvalue weighted by molar-refractivity contribution is 6.03. The van der Waals surface area contributed by atoms with Crippen LogP contribution in [0, 0.1) is 5.92 Å². The first kappa shape index (κ1) is 22.8. The third kappa shape index (κ3) is 5.18. The molecular formula is C26H27F2N3O2. The molecule has 2 N–H and O–H groups in total. The van der Waals surface area contributed by atoms with E-state index >= 15 is 0 Å². The highest BCUT2D eigenvalue weighted by Crippen LogP contribution is 2.40. The molecule has 2 unspecified atom stereocenters. The van der Waals surface area contributed by atoms with Crippen molar-refractivity contribution < 1.29 is 18.3 Å². The predicted molar refractivity (Wildman–Crippen MR) is 124 cm³/mol. The Morgan fingerprint density at radius 1 is 1.24 bits per heavy atom. The molecule has 0 fully saturated rings. The van der Waals surface area contributed by atoms with Crippen molar-refractivity contribution in [1.82, 2.24) is 4.98 Å². The van der Waals surface area contributed by atoms with Crippen LogP contribution in [0.1, 0.15) is 44.1 Å². The van der Waals surface area contributed by atoms with Gasteiger partial charge in [-0.1, -0.05) is 17.7 Å². The van der Waals surface area contributed by atoms with Crippen molar-refractivity contribution in [1.29, 1.82) is 0 Å². The first-order chi connectivity index (χ1) is 16.0. The zero-order valence-corrected chi connectivity index (χ0v) is 18.6. The predicted octanol–water partition coefficient (Wildman–Crippen LogP) is 5.18. The van der Waals surface area contributed by atoms with Crippen molar-refractivity contribution >= 4 is 11.6 Å². The van der Waals surface area contributed by atoms with Crippen molar-refractivity contribution in [3.63, 3.8) is 0 Å². The van der Waals surface area contributed by atoms with E-state index in [0.29, 0.717) is 31.4 Å². The van der Waals surface area contributed by atoms with Crippen LogP contribution >= 0.6 is 0 Å². The number of aliphatic imine (C=N–C) groups is 1. The van der Waals surface area contributed by atoms with Crippen LogP contribution in [0.25, 0.3) is 0 Å². The van der Waals surface area contributed by atoms with Crippen molar-refractivity contribution in [3.8, 4) is 0 Å². The van der Waals surface area contributed by atoms with Crippen LogP contribution < -0.4 is 5.73 Å². The molecule has 0 saturated heterocycles. The summed E-state index contributed by atoms with van der Waals surface area (Å²) in [6.45, 7) is 0. The van der Waals surface area contributed by atoms with Gasteiger partial charge in [-0.25, -0.2) is 8.78 Å². The fourth-order valence-corrected chi connectivity index (χ4v) is 4.48. The standard InChI is InChI=1S/C26H27F2N3O2/c1-33-24-14-19(16-8-9-21(27)22(28)12-16)11-20-17(5-2-3-7-25(29)32)13-23(31-26(20)24)18-6-4-10-30-15-18/h4,6,9-12,14-16,26H,2-3,5,7-8,13H2,1H3,(H2,29,32). The Hall–Kier alpha value is -3.35. The number of halogens is 2. The molecular weight excluding hydrogens is 424 g/mol. The van der Waals surface area contributed by atoms with Gasteiger partial charge in [0.2, 0.25) is 5.91 Å². The molecule has 0 aromatic carbocycles. The van der Waals surface area contributed by atoms with E-state index in [2.05, 4.69) is 4.98 Å². The van der Waals surface area contributed by atoms with Crippen LogP contribution in [0.2, 0.25) is 0 Å². The summed E-state index contributed by atoms with van der Waals surface area (Å²) in [5.41, 5.74) is 10.3. The van der Waals surface area contributed by atoms with Crippen LogP contribution in [0.5, 0.6) is 0 Å². The first-order valence-corrected chi connectivity index (χ1v) is 11.1. The number of amides is 1. The highest BCUT2D eigenvalue weighted by atomic mass is 19.2. The molecule has 5 nitrogen and oxygen atoms in total. The Balaban J connectivity index is 1.69. The number of fused-ring (bicyclic) bond motifs is 1. The number of ether oxygens (including phenoxy) is 1. The van der Waals surface area contributed by atoms with E-state index in [1.807, 2.05) is 24.3 Å². The number of hydrogen-bond acceptors (Lipinski definition) is 4. The van der Waals surface area contributed by atoms with Gasteiger partial charge in [-0.2, -0.15) is 0 Å². The summed E-state index contributed by atoms with van der Waals surface area (Å²) < 4.78 is 33.2. The summed E-state index contributed by atoms with van der Waals surface area (Å²) in [5, 5.41) is 0. The summed E-state index contributed by atoms with van der Waals surface area (Å²) in [4.78, 5) is 20.4. The number of primary amides is 1. The number of dihydropyridines is 1. The first-order valence-electron chi connectivity index (χ1n) is 11.1. The Morgan fingerprint density at radius 3 is 2.79 bits per heavy atom. The SMILES string of the molecule is COC1=CC(C2C=C(F)C(F)=CC2)=CC2=C(CCCCC(N)=O)CC(c3cccnc3)=NC12. The number of carbonyl (C=O) groups is 1. The average Bonchev–Trinajstić information content (AvgIpc) is 2.83. The van der Waals surface area contributed by atoms with Gasteiger partial charge in [0.25, 0.3) is 0 Å². The lowest BCUT2D eigenvalue weighted by atomic mass is 9.80. The maximum absolute atomic E-state index is 13.9. The van der Waals surface area contributed by atoms with Crippen LogP contribution in [0.3, 0.4) is 0 Å². The molecule has 0 saturated carbocycles. The van der Waals surface area contributed by atoms with Crippen LogP contribution in [0.4, 0.5) is 8.78 Å². The number of unbranched alkanes of at least 4 members (excludes halogenated alkanes) is 1. The second-order valence-corrected chi connectivity index (χ2v) is 8.43. The molecule has 1 amide bonds. The molecule has 33 heavy (non-hydrogen) atoms. The van der Waals surface area contributed by atoms with Gasteiger partial charge in [0, 0.05) is 42.4 Å². The Morgan fingerprint density at radius 2 is 2.09 bits per heavy atom. The maximum atomic E-state index is 13.9. The van der Waals surface area contributed by atoms with Gasteiger partial charge in [0.15, 0.2) is 11.7 Å². The maximum Gasteiger partial charge on any atom is 0.217 e. The van der Waals surface area contributed by atoms with Crippen LogP contribution in [-0.2, 0) is 9.53 Å². The summed E-state index contributed by atoms with van der Waals surface area (Å²) in [5.74, 6) is -1.55. The van der Waals surface area contributed by atoms with Crippen molar-refractivity contribution in [2.75, 3.05) is 7.11 Å². The van der Waals surface area contributed by atoms with Crippen molar-refractivity contribution in [2.24, 2.45) is 16.6 Å². The van der Waals surface area contributed by atoms with Crippen LogP contribution in [0.15, 0.2) is 88.0 Å². The number of rotatable bonds is 8. The highest BCUT2D eigenvalue weighted by Gasteiger charge is 2.32. The van der Waals surface area contributed by atoms with Gasteiger partial charge in [0.05, 0.1) is 7.11 Å². The van der Waals surface area contributed by atoms with Gasteiger partial charge in [-0.15, -0.1) is 0 Å². The average molecular weight is 452 g/mol. The molecule has 2 heterocycles. The summed E-state index contributed by atoms with van der Waals surface area (Å²) in [6, 6.07) is 3.56. The number of pyridine rings is 1. The minimum absolute atomic E-state index is 0.275. The topological polar surface area (TPSA) is 77.6 Å². The molecule has 4 rings (SSSR count). The minimum atomic E-state index is -0.831. The number of aromatic nitrogens is 1. The molecule has 1 aromatic rings. The summed E-state index contributed by atoms with van der Waals surface area (Å²) in [7, 11) is 1.60. The summed E-state index contributed by atoms with van der Waals surface area (Å²) in [6.07, 6.45) is 13.8. The van der Waals surface area contributed by atoms with E-state index in [9.17, 15) is 13.6 Å². The number of allylic oxidation sites excluding steroid dienone is 7. The number of nitrogens with two attached hydrogens (primary N) is 1. The number of methoxy groups -OCH3 is 1. The zero-order chi connectivity index (χ0) is 23.4. The van der Waals surface area contributed by atoms with Crippen molar-refractivity contribution in [2.45, 2.75) is 44.6 Å². The molecule has 2 aliphatic carbocycles. The quantitative estimate of drug-likeness (QED) is 0.553. The smallest absolute Gasteiger partial charge is 0.217 e. The third-order valence-electron chi connectivity index (χ3n) is 6.21. The van der Waals surface area contributed by atoms with E-state index in [1.165, 1.54) is 17.7 Å². The number of hydrogen-bond donors (Lipinski definition) is 1. The zero-order valence-electron chi connectivity index (χ0n) is 18.6. The number of nitrogens with zero attached hydrogens (tertiary/aromatic N) is 2. The Kier molecular flexibility index (Phi) is 6.96. The summed E-state index contributed by atoms with van der Waals surface area (Å²) >= 11 is 0. The van der Waals surface area contributed by atoms with E-state index in [4.69, 9.17) is 15.5 Å². The van der Waals surface area contributed by atoms with E-state index in [-0.39, 0.29) is 17.9 Å². The molecule has 7 heteroatoms. The molecule has 3 aliphatic rings. The third-order valence-corrected chi connectivity index (χ3v) is 6.21. The van der Waals surface area contributed by atoms with Gasteiger partial charge >= 0.3 is 0 Å².